The van der Waals surface area contributed by atoms with Gasteiger partial charge in [0, 0.05) is 6.54 Å². The zero-order valence-corrected chi connectivity index (χ0v) is 10.9. The van der Waals surface area contributed by atoms with Gasteiger partial charge < -0.3 is 10.4 Å². The lowest BCUT2D eigenvalue weighted by Gasteiger charge is -2.06. The molecule has 0 saturated heterocycles. The molecule has 0 saturated carbocycles. The predicted octanol–water partition coefficient (Wildman–Crippen LogP) is 2.97. The van der Waals surface area contributed by atoms with Gasteiger partial charge in [0.2, 0.25) is 0 Å². The summed E-state index contributed by atoms with van der Waals surface area (Å²) in [4.78, 5) is 4.09. The van der Waals surface area contributed by atoms with Crippen LogP contribution in [0.4, 0.5) is 5.82 Å². The minimum absolute atomic E-state index is 0.256. The molecular formula is C14H12ClN3O. The van der Waals surface area contributed by atoms with Crippen LogP contribution in [0.3, 0.4) is 0 Å². The Hall–Kier alpha value is -2.25. The van der Waals surface area contributed by atoms with Gasteiger partial charge in [-0.3, -0.25) is 0 Å². The van der Waals surface area contributed by atoms with Crippen molar-refractivity contribution in [2.45, 2.75) is 6.42 Å². The first-order valence-corrected chi connectivity index (χ1v) is 6.14. The van der Waals surface area contributed by atoms with E-state index in [9.17, 15) is 5.11 Å². The summed E-state index contributed by atoms with van der Waals surface area (Å²) >= 11 is 5.81. The number of aromatic hydroxyl groups is 1. The van der Waals surface area contributed by atoms with Gasteiger partial charge in [-0.25, -0.2) is 4.98 Å². The molecule has 0 amide bonds. The van der Waals surface area contributed by atoms with Crippen LogP contribution in [0.25, 0.3) is 0 Å². The van der Waals surface area contributed by atoms with Gasteiger partial charge in [-0.2, -0.15) is 5.26 Å². The third-order valence-corrected chi connectivity index (χ3v) is 2.77. The molecule has 0 atom stereocenters. The van der Waals surface area contributed by atoms with E-state index in [1.165, 1.54) is 6.07 Å². The van der Waals surface area contributed by atoms with Gasteiger partial charge in [0.15, 0.2) is 0 Å². The van der Waals surface area contributed by atoms with Crippen molar-refractivity contribution in [1.82, 2.24) is 4.98 Å². The number of aromatic nitrogens is 1. The molecule has 2 aromatic rings. The first-order valence-electron chi connectivity index (χ1n) is 5.77. The Morgan fingerprint density at radius 2 is 2.00 bits per heavy atom. The molecule has 0 spiro atoms. The van der Waals surface area contributed by atoms with E-state index >= 15 is 0 Å². The zero-order chi connectivity index (χ0) is 13.7. The first-order chi connectivity index (χ1) is 9.17. The third kappa shape index (κ3) is 3.87. The van der Waals surface area contributed by atoms with Crippen molar-refractivity contribution in [2.75, 3.05) is 11.9 Å². The summed E-state index contributed by atoms with van der Waals surface area (Å²) in [5.74, 6) is 0.842. The topological polar surface area (TPSA) is 68.9 Å². The molecule has 4 nitrogen and oxygen atoms in total. The number of nitriles is 1. The third-order valence-electron chi connectivity index (χ3n) is 2.58. The summed E-state index contributed by atoms with van der Waals surface area (Å²) in [7, 11) is 0. The Bertz CT molecular complexity index is 605. The molecule has 19 heavy (non-hydrogen) atoms. The van der Waals surface area contributed by atoms with Crippen molar-refractivity contribution in [3.63, 3.8) is 0 Å². The fraction of sp³-hybridized carbons (Fsp3) is 0.143. The maximum atomic E-state index is 9.18. The van der Waals surface area contributed by atoms with Crippen LogP contribution in [0, 0.1) is 11.3 Å². The average molecular weight is 274 g/mol. The summed E-state index contributed by atoms with van der Waals surface area (Å²) in [5, 5.41) is 21.4. The molecule has 2 N–H and O–H groups in total. The molecule has 0 aliphatic rings. The number of phenolic OH excluding ortho intramolecular Hbond substituents is 1. The molecule has 0 unspecified atom stereocenters. The van der Waals surface area contributed by atoms with Crippen LogP contribution >= 0.6 is 11.6 Å². The van der Waals surface area contributed by atoms with Crippen molar-refractivity contribution in [2.24, 2.45) is 0 Å². The second-order valence-corrected chi connectivity index (χ2v) is 4.41. The van der Waals surface area contributed by atoms with Gasteiger partial charge in [-0.1, -0.05) is 23.7 Å². The molecule has 2 rings (SSSR count). The number of halogens is 1. The van der Waals surface area contributed by atoms with E-state index in [0.29, 0.717) is 23.1 Å². The van der Waals surface area contributed by atoms with Crippen molar-refractivity contribution >= 4 is 17.4 Å². The first kappa shape index (κ1) is 13.2. The fourth-order valence-corrected chi connectivity index (χ4v) is 1.86. The summed E-state index contributed by atoms with van der Waals surface area (Å²) < 4.78 is 0. The molecule has 0 bridgehead atoms. The van der Waals surface area contributed by atoms with Crippen molar-refractivity contribution < 1.29 is 5.11 Å². The van der Waals surface area contributed by atoms with E-state index < -0.39 is 0 Å². The highest BCUT2D eigenvalue weighted by atomic mass is 35.5. The van der Waals surface area contributed by atoms with Gasteiger partial charge in [-0.05, 0) is 36.2 Å². The summed E-state index contributed by atoms with van der Waals surface area (Å²) in [6.45, 7) is 0.670. The normalized spacial score (nSPS) is 9.89. The monoisotopic (exact) mass is 273 g/mol. The number of hydrogen-bond acceptors (Lipinski definition) is 4. The van der Waals surface area contributed by atoms with Crippen LogP contribution in [0.5, 0.6) is 5.75 Å². The zero-order valence-electron chi connectivity index (χ0n) is 10.1. The highest BCUT2D eigenvalue weighted by molar-refractivity contribution is 6.29. The lowest BCUT2D eigenvalue weighted by Crippen LogP contribution is -2.06. The number of nitrogens with zero attached hydrogens (tertiary/aromatic N) is 2. The number of rotatable bonds is 4. The fourth-order valence-electron chi connectivity index (χ4n) is 1.65. The van der Waals surface area contributed by atoms with Gasteiger partial charge in [0.05, 0.1) is 11.6 Å². The molecule has 0 radical (unpaired) electrons. The summed E-state index contributed by atoms with van der Waals surface area (Å²) in [6, 6.07) is 12.2. The van der Waals surface area contributed by atoms with Crippen molar-refractivity contribution in [3.8, 4) is 11.8 Å². The molecule has 0 aliphatic heterocycles. The number of phenols is 1. The standard InChI is InChI=1S/C14H12ClN3O/c15-13-7-11(9-16)8-14(18-13)17-6-5-10-1-3-12(19)4-2-10/h1-4,7-8,19H,5-6H2,(H,17,18). The van der Waals surface area contributed by atoms with Crippen molar-refractivity contribution in [3.05, 3.63) is 52.7 Å². The molecule has 1 aromatic heterocycles. The SMILES string of the molecule is N#Cc1cc(Cl)nc(NCCc2ccc(O)cc2)c1. The quantitative estimate of drug-likeness (QED) is 0.841. The Morgan fingerprint density at radius 3 is 2.68 bits per heavy atom. The lowest BCUT2D eigenvalue weighted by molar-refractivity contribution is 0.475. The molecule has 1 aromatic carbocycles. The van der Waals surface area contributed by atoms with E-state index in [1.54, 1.807) is 18.2 Å². The van der Waals surface area contributed by atoms with E-state index in [2.05, 4.69) is 10.3 Å². The van der Waals surface area contributed by atoms with Gasteiger partial charge in [-0.15, -0.1) is 0 Å². The number of benzene rings is 1. The Balaban J connectivity index is 1.94. The van der Waals surface area contributed by atoms with E-state index in [1.807, 2.05) is 18.2 Å². The Kier molecular flexibility index (Phi) is 4.22. The van der Waals surface area contributed by atoms with Crippen LogP contribution in [0.1, 0.15) is 11.1 Å². The second kappa shape index (κ2) is 6.07. The van der Waals surface area contributed by atoms with Gasteiger partial charge in [0.1, 0.15) is 16.7 Å². The van der Waals surface area contributed by atoms with E-state index in [4.69, 9.17) is 16.9 Å². The van der Waals surface area contributed by atoms with Crippen LogP contribution in [0.15, 0.2) is 36.4 Å². The van der Waals surface area contributed by atoms with Crippen LogP contribution in [0.2, 0.25) is 5.15 Å². The summed E-state index contributed by atoms with van der Waals surface area (Å²) in [6.07, 6.45) is 0.788. The minimum atomic E-state index is 0.256. The van der Waals surface area contributed by atoms with Crippen molar-refractivity contribution in [1.29, 1.82) is 5.26 Å². The summed E-state index contributed by atoms with van der Waals surface area (Å²) in [5.41, 5.74) is 1.58. The molecular weight excluding hydrogens is 262 g/mol. The van der Waals surface area contributed by atoms with Crippen LogP contribution in [-0.2, 0) is 6.42 Å². The van der Waals surface area contributed by atoms with E-state index in [-0.39, 0.29) is 5.75 Å². The molecule has 0 aliphatic carbocycles. The maximum Gasteiger partial charge on any atom is 0.132 e. The molecule has 0 fully saturated rings. The number of nitrogens with one attached hydrogen (secondary N) is 1. The Morgan fingerprint density at radius 1 is 1.26 bits per heavy atom. The van der Waals surface area contributed by atoms with Gasteiger partial charge in [0.25, 0.3) is 0 Å². The van der Waals surface area contributed by atoms with Gasteiger partial charge >= 0.3 is 0 Å². The minimum Gasteiger partial charge on any atom is -0.508 e. The highest BCUT2D eigenvalue weighted by Gasteiger charge is 2.01. The molecule has 96 valence electrons. The maximum absolute atomic E-state index is 9.18. The largest absolute Gasteiger partial charge is 0.508 e. The molecule has 5 heteroatoms. The number of pyridine rings is 1. The van der Waals surface area contributed by atoms with E-state index in [0.717, 1.165) is 12.0 Å². The van der Waals surface area contributed by atoms with Crippen LogP contribution in [-0.4, -0.2) is 16.6 Å². The molecule has 1 heterocycles. The average Bonchev–Trinajstić information content (AvgIpc) is 2.40. The second-order valence-electron chi connectivity index (χ2n) is 4.02. The Labute approximate surface area is 116 Å². The smallest absolute Gasteiger partial charge is 0.132 e. The lowest BCUT2D eigenvalue weighted by atomic mass is 10.1. The number of hydrogen-bond donors (Lipinski definition) is 2. The predicted molar refractivity (Wildman–Crippen MR) is 74.3 cm³/mol. The van der Waals surface area contributed by atoms with Crippen LogP contribution < -0.4 is 5.32 Å². The number of anilines is 1. The highest BCUT2D eigenvalue weighted by Crippen LogP contribution is 2.14.